The summed E-state index contributed by atoms with van der Waals surface area (Å²) in [6.07, 6.45) is 1.57. The molecule has 3 aromatic rings. The van der Waals surface area contributed by atoms with Gasteiger partial charge in [-0.3, -0.25) is 14.4 Å². The van der Waals surface area contributed by atoms with Crippen LogP contribution in [-0.2, 0) is 0 Å². The molecule has 0 radical (unpaired) electrons. The smallest absolute Gasteiger partial charge is 0.255 e. The lowest BCUT2D eigenvalue weighted by Gasteiger charge is -2.27. The summed E-state index contributed by atoms with van der Waals surface area (Å²) >= 11 is 0. The number of ether oxygens (including phenoxy) is 2. The maximum absolute atomic E-state index is 13.5. The number of halogens is 1. The first-order valence-corrected chi connectivity index (χ1v) is 14.6. The number of hydrogen-bond donors (Lipinski definition) is 2. The molecule has 3 aromatic carbocycles. The Hall–Kier alpha value is -4.64. The van der Waals surface area contributed by atoms with E-state index >= 15 is 0 Å². The Morgan fingerprint density at radius 1 is 0.698 bits per heavy atom. The van der Waals surface area contributed by atoms with Gasteiger partial charge in [-0.25, -0.2) is 4.39 Å². The highest BCUT2D eigenvalue weighted by Gasteiger charge is 2.25. The van der Waals surface area contributed by atoms with Crippen molar-refractivity contribution >= 4 is 29.1 Å². The maximum Gasteiger partial charge on any atom is 0.255 e. The summed E-state index contributed by atoms with van der Waals surface area (Å²) in [5.41, 5.74) is 2.61. The molecule has 0 spiro atoms. The first-order valence-electron chi connectivity index (χ1n) is 14.6. The molecule has 3 amide bonds. The van der Waals surface area contributed by atoms with Crippen molar-refractivity contribution in [2.45, 2.75) is 12.8 Å². The van der Waals surface area contributed by atoms with Crippen LogP contribution < -0.4 is 25.0 Å². The average molecular weight is 588 g/mol. The Morgan fingerprint density at radius 3 is 2.28 bits per heavy atom. The number of nitrogens with zero attached hydrogens (tertiary/aromatic N) is 3. The van der Waals surface area contributed by atoms with Crippen LogP contribution in [-0.4, -0.2) is 86.7 Å². The molecule has 0 aromatic heterocycles. The number of anilines is 2. The Morgan fingerprint density at radius 2 is 1.42 bits per heavy atom. The summed E-state index contributed by atoms with van der Waals surface area (Å²) < 4.78 is 24.2. The number of carbonyl (C=O) groups excluding carboxylic acids is 3. The van der Waals surface area contributed by atoms with E-state index in [9.17, 15) is 18.8 Å². The number of rotatable bonds is 5. The van der Waals surface area contributed by atoms with E-state index in [1.54, 1.807) is 35.2 Å². The predicted octanol–water partition coefficient (Wildman–Crippen LogP) is 3.59. The van der Waals surface area contributed by atoms with E-state index in [1.807, 2.05) is 11.0 Å². The molecule has 3 heterocycles. The van der Waals surface area contributed by atoms with Crippen LogP contribution in [0.25, 0.3) is 0 Å². The van der Waals surface area contributed by atoms with Gasteiger partial charge in [-0.1, -0.05) is 0 Å². The van der Waals surface area contributed by atoms with Crippen LogP contribution in [0.15, 0.2) is 60.7 Å². The van der Waals surface area contributed by atoms with Crippen LogP contribution in [0.1, 0.15) is 43.9 Å². The number of carbonyl (C=O) groups is 3. The van der Waals surface area contributed by atoms with Gasteiger partial charge in [-0.15, -0.1) is 0 Å². The van der Waals surface area contributed by atoms with Crippen LogP contribution in [0.2, 0.25) is 0 Å². The first-order chi connectivity index (χ1) is 21.0. The highest BCUT2D eigenvalue weighted by Crippen LogP contribution is 2.34. The fourth-order valence-electron chi connectivity index (χ4n) is 5.65. The van der Waals surface area contributed by atoms with Crippen molar-refractivity contribution in [2.24, 2.45) is 0 Å². The SMILES string of the molecule is O=C(Nc1cc(C(=O)N2CCCNCC2)ccc1N1CCCN(C(=O)c2ccc(F)cc2)CC1)c1ccc2c(c1)OCO2. The number of hydrogen-bond acceptors (Lipinski definition) is 7. The predicted molar refractivity (Wildman–Crippen MR) is 159 cm³/mol. The van der Waals surface area contributed by atoms with Crippen molar-refractivity contribution in [3.8, 4) is 11.5 Å². The number of fused-ring (bicyclic) bond motifs is 1. The van der Waals surface area contributed by atoms with Gasteiger partial charge in [-0.05, 0) is 80.1 Å². The zero-order valence-corrected chi connectivity index (χ0v) is 23.8. The third-order valence-electron chi connectivity index (χ3n) is 7.97. The fraction of sp³-hybridized carbons (Fsp3) is 0.344. The topological polar surface area (TPSA) is 103 Å². The van der Waals surface area contributed by atoms with Crippen molar-refractivity contribution in [2.75, 3.05) is 69.4 Å². The quantitative estimate of drug-likeness (QED) is 0.470. The average Bonchev–Trinajstić information content (AvgIpc) is 3.18. The molecule has 0 unspecified atom stereocenters. The maximum atomic E-state index is 13.5. The van der Waals surface area contributed by atoms with Gasteiger partial charge in [-0.2, -0.15) is 0 Å². The fourth-order valence-corrected chi connectivity index (χ4v) is 5.65. The molecule has 11 heteroatoms. The zero-order valence-electron chi connectivity index (χ0n) is 23.8. The Kier molecular flexibility index (Phi) is 8.41. The minimum atomic E-state index is -0.386. The summed E-state index contributed by atoms with van der Waals surface area (Å²) in [6, 6.07) is 16.0. The number of nitrogens with one attached hydrogen (secondary N) is 2. The molecule has 0 aliphatic carbocycles. The van der Waals surface area contributed by atoms with Crippen LogP contribution in [0.4, 0.5) is 15.8 Å². The molecule has 6 rings (SSSR count). The molecule has 3 aliphatic rings. The van der Waals surface area contributed by atoms with Gasteiger partial charge >= 0.3 is 0 Å². The highest BCUT2D eigenvalue weighted by molar-refractivity contribution is 6.07. The van der Waals surface area contributed by atoms with E-state index in [0.717, 1.165) is 25.2 Å². The van der Waals surface area contributed by atoms with Gasteiger partial charge in [0.25, 0.3) is 17.7 Å². The van der Waals surface area contributed by atoms with E-state index in [4.69, 9.17) is 9.47 Å². The van der Waals surface area contributed by atoms with Crippen LogP contribution >= 0.6 is 0 Å². The summed E-state index contributed by atoms with van der Waals surface area (Å²) in [5.74, 6) is 0.132. The Balaban J connectivity index is 1.25. The third kappa shape index (κ3) is 6.41. The lowest BCUT2D eigenvalue weighted by Crippen LogP contribution is -2.35. The van der Waals surface area contributed by atoms with Gasteiger partial charge in [0.2, 0.25) is 6.79 Å². The Bertz CT molecular complexity index is 1510. The minimum Gasteiger partial charge on any atom is -0.454 e. The Labute approximate surface area is 249 Å². The number of amides is 3. The molecule has 0 bridgehead atoms. The molecule has 0 atom stereocenters. The molecule has 3 aliphatic heterocycles. The van der Waals surface area contributed by atoms with Gasteiger partial charge in [0.1, 0.15) is 5.82 Å². The molecule has 2 N–H and O–H groups in total. The van der Waals surface area contributed by atoms with E-state index in [1.165, 1.54) is 24.3 Å². The van der Waals surface area contributed by atoms with Crippen molar-refractivity contribution in [1.82, 2.24) is 15.1 Å². The van der Waals surface area contributed by atoms with E-state index < -0.39 is 0 Å². The van der Waals surface area contributed by atoms with Gasteiger partial charge < -0.3 is 34.8 Å². The van der Waals surface area contributed by atoms with Crippen molar-refractivity contribution in [3.05, 3.63) is 83.2 Å². The van der Waals surface area contributed by atoms with Crippen molar-refractivity contribution in [1.29, 1.82) is 0 Å². The molecular weight excluding hydrogens is 553 g/mol. The van der Waals surface area contributed by atoms with E-state index in [2.05, 4.69) is 15.5 Å². The lowest BCUT2D eigenvalue weighted by molar-refractivity contribution is 0.0759. The first kappa shape index (κ1) is 28.5. The molecule has 0 saturated carbocycles. The summed E-state index contributed by atoms with van der Waals surface area (Å²) in [4.78, 5) is 45.8. The highest BCUT2D eigenvalue weighted by atomic mass is 19.1. The van der Waals surface area contributed by atoms with E-state index in [-0.39, 0.29) is 30.3 Å². The molecule has 10 nitrogen and oxygen atoms in total. The van der Waals surface area contributed by atoms with Gasteiger partial charge in [0, 0.05) is 62.5 Å². The largest absolute Gasteiger partial charge is 0.454 e. The van der Waals surface area contributed by atoms with Crippen LogP contribution in [0, 0.1) is 5.82 Å². The molecule has 2 fully saturated rings. The number of benzene rings is 3. The second-order valence-corrected chi connectivity index (χ2v) is 10.8. The summed E-state index contributed by atoms with van der Waals surface area (Å²) in [6.45, 7) is 5.15. The monoisotopic (exact) mass is 587 g/mol. The summed E-state index contributed by atoms with van der Waals surface area (Å²) in [5, 5.41) is 6.35. The van der Waals surface area contributed by atoms with Crippen molar-refractivity contribution in [3.63, 3.8) is 0 Å². The van der Waals surface area contributed by atoms with Crippen molar-refractivity contribution < 1.29 is 28.2 Å². The lowest BCUT2D eigenvalue weighted by atomic mass is 10.1. The molecule has 2 saturated heterocycles. The molecule has 224 valence electrons. The molecular formula is C32H34FN5O5. The van der Waals surface area contributed by atoms with Crippen LogP contribution in [0.3, 0.4) is 0 Å². The standard InChI is InChI=1S/C32H34FN5O5/c33-25-7-3-22(4-8-25)31(40)38-15-2-14-36(17-18-38)27-9-5-24(32(41)37-13-1-11-34-12-16-37)19-26(27)35-30(39)23-6-10-28-29(20-23)43-21-42-28/h3-10,19-20,34H,1-2,11-18,21H2,(H,35,39). The van der Waals surface area contributed by atoms with E-state index in [0.29, 0.717) is 79.6 Å². The second-order valence-electron chi connectivity index (χ2n) is 10.8. The summed E-state index contributed by atoms with van der Waals surface area (Å²) in [7, 11) is 0. The normalized spacial score (nSPS) is 16.8. The van der Waals surface area contributed by atoms with Crippen LogP contribution in [0.5, 0.6) is 11.5 Å². The third-order valence-corrected chi connectivity index (χ3v) is 7.97. The minimum absolute atomic E-state index is 0.0826. The second kappa shape index (κ2) is 12.7. The molecule has 43 heavy (non-hydrogen) atoms. The van der Waals surface area contributed by atoms with Gasteiger partial charge in [0.05, 0.1) is 11.4 Å². The zero-order chi connectivity index (χ0) is 29.8. The van der Waals surface area contributed by atoms with Gasteiger partial charge in [0.15, 0.2) is 11.5 Å².